The molecule has 9 heteroatoms. The maximum Gasteiger partial charge on any atom is 0.415 e. The highest BCUT2D eigenvalue weighted by Gasteiger charge is 2.30. The van der Waals surface area contributed by atoms with Crippen molar-refractivity contribution in [3.63, 3.8) is 0 Å². The molecule has 0 saturated heterocycles. The minimum atomic E-state index is -0.773. The summed E-state index contributed by atoms with van der Waals surface area (Å²) in [5.74, 6) is 0.747. The number of rotatable bonds is 8. The van der Waals surface area contributed by atoms with Crippen LogP contribution in [0.2, 0.25) is 0 Å². The molecule has 9 nitrogen and oxygen atoms in total. The van der Waals surface area contributed by atoms with Crippen LogP contribution in [0, 0.1) is 5.92 Å². The number of para-hydroxylation sites is 1. The summed E-state index contributed by atoms with van der Waals surface area (Å²) in [7, 11) is 1.55. The fourth-order valence-electron chi connectivity index (χ4n) is 2.77. The van der Waals surface area contributed by atoms with Gasteiger partial charge in [-0.25, -0.2) is 9.78 Å². The van der Waals surface area contributed by atoms with E-state index in [-0.39, 0.29) is 29.6 Å². The molecule has 2 aromatic rings. The van der Waals surface area contributed by atoms with Gasteiger partial charge in [-0.2, -0.15) is 0 Å². The zero-order valence-electron chi connectivity index (χ0n) is 23.2. The number of carbonyl (C=O) groups excluding carboxylic acids is 2. The summed E-state index contributed by atoms with van der Waals surface area (Å²) in [4.78, 5) is 45.7. The summed E-state index contributed by atoms with van der Waals surface area (Å²) >= 11 is 0. The predicted octanol–water partition coefficient (Wildman–Crippen LogP) is 4.37. The number of amides is 2. The van der Waals surface area contributed by atoms with Gasteiger partial charge in [-0.15, -0.1) is 0 Å². The molecule has 1 aromatic carbocycles. The number of nitrogens with two attached hydrogens (primary N) is 1. The van der Waals surface area contributed by atoms with Gasteiger partial charge in [-0.3, -0.25) is 9.59 Å². The lowest BCUT2D eigenvalue weighted by molar-refractivity contribution is -0.122. The lowest BCUT2D eigenvalue weighted by atomic mass is 10.0. The van der Waals surface area contributed by atoms with Gasteiger partial charge in [0.1, 0.15) is 11.6 Å². The number of benzene rings is 1. The van der Waals surface area contributed by atoms with Gasteiger partial charge in [0, 0.05) is 13.6 Å². The molecule has 1 aromatic heterocycles. The molecule has 1 atom stereocenters. The van der Waals surface area contributed by atoms with Crippen molar-refractivity contribution in [3.05, 3.63) is 71.0 Å². The lowest BCUT2D eigenvalue weighted by Gasteiger charge is -2.35. The number of fused-ring (bicyclic) bond motifs is 1. The first-order valence-electron chi connectivity index (χ1n) is 12.2. The molecule has 0 fully saturated rings. The van der Waals surface area contributed by atoms with Crippen molar-refractivity contribution in [2.45, 2.75) is 60.0 Å². The number of hydrogen-bond donors (Lipinski definition) is 3. The maximum absolute atomic E-state index is 12.8. The molecule has 0 saturated carbocycles. The smallest absolute Gasteiger partial charge is 0.410 e. The first-order chi connectivity index (χ1) is 17.2. The standard InChI is InChI=1S/C24H31N5O4.C4H10/c1-7-8-11-17(20-27-19-13-10-9-12-18(19)22(31)28-20)16(3)33-23(32)29(6)24(4,5)14-26-21(30)15(2)25;1-4(2)3/h7-13,15H,3,14,25H2,1-2,4-6H3,(H,26,30)(H,27,28,31);4H,1-3H3/b8-7-,17-11+;. The number of nitrogens with zero attached hydrogens (tertiary/aromatic N) is 2. The summed E-state index contributed by atoms with van der Waals surface area (Å²) in [6.07, 6.45) is 4.47. The molecule has 0 bridgehead atoms. The highest BCUT2D eigenvalue weighted by molar-refractivity contribution is 5.83. The van der Waals surface area contributed by atoms with Crippen LogP contribution in [0.3, 0.4) is 0 Å². The fourth-order valence-corrected chi connectivity index (χ4v) is 2.77. The lowest BCUT2D eigenvalue weighted by Crippen LogP contribution is -2.54. The maximum atomic E-state index is 12.8. The Morgan fingerprint density at radius 2 is 1.84 bits per heavy atom. The molecular formula is C28H41N5O4. The van der Waals surface area contributed by atoms with Gasteiger partial charge >= 0.3 is 6.09 Å². The Morgan fingerprint density at radius 1 is 1.24 bits per heavy atom. The molecule has 2 rings (SSSR count). The number of allylic oxidation sites excluding steroid dienone is 4. The average molecular weight is 512 g/mol. The van der Waals surface area contributed by atoms with Crippen LogP contribution in [0.4, 0.5) is 4.79 Å². The third-order valence-electron chi connectivity index (χ3n) is 5.12. The van der Waals surface area contributed by atoms with Crippen LogP contribution in [0.15, 0.2) is 59.6 Å². The predicted molar refractivity (Wildman–Crippen MR) is 150 cm³/mol. The number of ether oxygens (including phenoxy) is 1. The fraction of sp³-hybridized carbons (Fsp3) is 0.429. The van der Waals surface area contributed by atoms with E-state index >= 15 is 0 Å². The topological polar surface area (TPSA) is 130 Å². The molecule has 202 valence electrons. The second-order valence-corrected chi connectivity index (χ2v) is 9.94. The number of hydrogen-bond acceptors (Lipinski definition) is 6. The normalized spacial score (nSPS) is 12.6. The second kappa shape index (κ2) is 14.1. The van der Waals surface area contributed by atoms with Gasteiger partial charge in [0.05, 0.1) is 28.1 Å². The van der Waals surface area contributed by atoms with Crippen molar-refractivity contribution < 1.29 is 14.3 Å². The van der Waals surface area contributed by atoms with Gasteiger partial charge in [0.25, 0.3) is 5.56 Å². The van der Waals surface area contributed by atoms with Gasteiger partial charge < -0.3 is 25.7 Å². The van der Waals surface area contributed by atoms with Gasteiger partial charge in [-0.05, 0) is 51.8 Å². The van der Waals surface area contributed by atoms with E-state index < -0.39 is 17.7 Å². The summed E-state index contributed by atoms with van der Waals surface area (Å²) in [5, 5.41) is 3.15. The minimum Gasteiger partial charge on any atom is -0.410 e. The molecule has 0 aliphatic carbocycles. The van der Waals surface area contributed by atoms with Crippen LogP contribution in [0.1, 0.15) is 54.3 Å². The van der Waals surface area contributed by atoms with Crippen molar-refractivity contribution in [1.82, 2.24) is 20.2 Å². The Bertz CT molecular complexity index is 1210. The number of carbonyl (C=O) groups is 2. The van der Waals surface area contributed by atoms with Crippen LogP contribution < -0.4 is 16.6 Å². The molecule has 37 heavy (non-hydrogen) atoms. The number of aromatic nitrogens is 2. The zero-order chi connectivity index (χ0) is 28.3. The first kappa shape index (κ1) is 31.3. The van der Waals surface area contributed by atoms with E-state index in [1.165, 1.54) is 4.90 Å². The molecule has 1 unspecified atom stereocenters. The molecule has 0 radical (unpaired) electrons. The largest absolute Gasteiger partial charge is 0.415 e. The Hall–Kier alpha value is -3.72. The van der Waals surface area contributed by atoms with Crippen molar-refractivity contribution in [3.8, 4) is 0 Å². The molecule has 0 spiro atoms. The quantitative estimate of drug-likeness (QED) is 0.356. The monoisotopic (exact) mass is 511 g/mol. The minimum absolute atomic E-state index is 0.0128. The van der Waals surface area contributed by atoms with E-state index in [9.17, 15) is 14.4 Å². The molecule has 1 heterocycles. The van der Waals surface area contributed by atoms with E-state index in [1.54, 1.807) is 70.3 Å². The van der Waals surface area contributed by atoms with E-state index in [4.69, 9.17) is 10.5 Å². The Balaban J connectivity index is 0.00000159. The molecular weight excluding hydrogens is 470 g/mol. The van der Waals surface area contributed by atoms with Crippen molar-refractivity contribution in [2.75, 3.05) is 13.6 Å². The number of nitrogens with one attached hydrogen (secondary N) is 2. The van der Waals surface area contributed by atoms with Gasteiger partial charge in [0.2, 0.25) is 5.91 Å². The highest BCUT2D eigenvalue weighted by atomic mass is 16.6. The zero-order valence-corrected chi connectivity index (χ0v) is 23.2. The average Bonchev–Trinajstić information content (AvgIpc) is 2.81. The van der Waals surface area contributed by atoms with Gasteiger partial charge in [0.15, 0.2) is 0 Å². The SMILES string of the molecule is C=C(OC(=O)N(C)C(C)(C)CNC(=O)C(C)N)/C(=C\C=C/C)c1nc2ccccc2c(=O)[nH]1.CC(C)C. The molecule has 4 N–H and O–H groups in total. The Morgan fingerprint density at radius 3 is 2.41 bits per heavy atom. The third kappa shape index (κ3) is 9.69. The summed E-state index contributed by atoms with van der Waals surface area (Å²) < 4.78 is 5.51. The van der Waals surface area contributed by atoms with E-state index in [0.717, 1.165) is 5.92 Å². The molecule has 2 amide bonds. The van der Waals surface area contributed by atoms with E-state index in [1.807, 2.05) is 6.92 Å². The third-order valence-corrected chi connectivity index (χ3v) is 5.12. The number of aromatic amines is 1. The summed E-state index contributed by atoms with van der Waals surface area (Å²) in [5.41, 5.74) is 5.33. The Labute approximate surface area is 219 Å². The van der Waals surface area contributed by atoms with Crippen molar-refractivity contribution in [2.24, 2.45) is 11.7 Å². The van der Waals surface area contributed by atoms with Crippen molar-refractivity contribution in [1.29, 1.82) is 0 Å². The molecule has 0 aliphatic heterocycles. The summed E-state index contributed by atoms with van der Waals surface area (Å²) in [6.45, 7) is 17.5. The first-order valence-corrected chi connectivity index (χ1v) is 12.2. The summed E-state index contributed by atoms with van der Waals surface area (Å²) in [6, 6.07) is 6.28. The molecule has 0 aliphatic rings. The highest BCUT2D eigenvalue weighted by Crippen LogP contribution is 2.23. The Kier molecular flexibility index (Phi) is 12.0. The van der Waals surface area contributed by atoms with Crippen LogP contribution in [0.25, 0.3) is 16.5 Å². The van der Waals surface area contributed by atoms with E-state index in [2.05, 4.69) is 42.6 Å². The van der Waals surface area contributed by atoms with Crippen molar-refractivity contribution >= 4 is 28.5 Å². The van der Waals surface area contributed by atoms with Crippen LogP contribution >= 0.6 is 0 Å². The number of likely N-dealkylation sites (N-methyl/N-ethyl adjacent to an activating group) is 1. The number of H-pyrrole nitrogens is 1. The van der Waals surface area contributed by atoms with Crippen LogP contribution in [-0.4, -0.2) is 52.0 Å². The van der Waals surface area contributed by atoms with Gasteiger partial charge in [-0.1, -0.05) is 51.6 Å². The second-order valence-electron chi connectivity index (χ2n) is 9.94. The van der Waals surface area contributed by atoms with E-state index in [0.29, 0.717) is 16.5 Å². The van der Waals surface area contributed by atoms with Crippen LogP contribution in [-0.2, 0) is 9.53 Å². The van der Waals surface area contributed by atoms with Crippen LogP contribution in [0.5, 0.6) is 0 Å².